The molecule has 11 heteroatoms. The van der Waals surface area contributed by atoms with Gasteiger partial charge in [-0.05, 0) is 31.3 Å². The number of nitrogens with one attached hydrogen (secondary N) is 1. The van der Waals surface area contributed by atoms with Crippen LogP contribution in [-0.4, -0.2) is 54.6 Å². The lowest BCUT2D eigenvalue weighted by molar-refractivity contribution is -0.142. The summed E-state index contributed by atoms with van der Waals surface area (Å²) in [5.41, 5.74) is -0.0138. The fraction of sp³-hybridized carbons (Fsp3) is 0.440. The number of para-hydroxylation sites is 2. The van der Waals surface area contributed by atoms with Crippen molar-refractivity contribution in [2.24, 2.45) is 0 Å². The minimum atomic E-state index is -4.67. The maximum Gasteiger partial charge on any atom is 0.433 e. The molecule has 0 radical (unpaired) electrons. The Hall–Kier alpha value is -3.47. The van der Waals surface area contributed by atoms with E-state index < -0.39 is 23.2 Å². The fourth-order valence-corrected chi connectivity index (χ4v) is 4.02. The van der Waals surface area contributed by atoms with E-state index in [9.17, 15) is 18.0 Å². The number of halogens is 3. The van der Waals surface area contributed by atoms with Crippen molar-refractivity contribution >= 4 is 28.5 Å². The van der Waals surface area contributed by atoms with Gasteiger partial charge in [0.15, 0.2) is 11.3 Å². The standard InChI is InChI=1S/C25H30F3N7O/c1-6-33(7-2)12-13-34-18-11-9-8-10-16(18)29-23(34)31-22(36)17-14-21-30-19(24(3,4)5)15-20(25(26,27)28)35(21)32-17/h8-11,14-15H,6-7,12-13H2,1-5H3,(H,29,31,36). The predicted molar refractivity (Wildman–Crippen MR) is 132 cm³/mol. The highest BCUT2D eigenvalue weighted by Gasteiger charge is 2.36. The molecule has 0 aliphatic carbocycles. The summed E-state index contributed by atoms with van der Waals surface area (Å²) in [4.78, 5) is 24.3. The molecule has 0 bridgehead atoms. The molecule has 3 heterocycles. The first kappa shape index (κ1) is 25.6. The van der Waals surface area contributed by atoms with Gasteiger partial charge in [0.25, 0.3) is 5.91 Å². The Kier molecular flexibility index (Phi) is 6.78. The third kappa shape index (κ3) is 5.06. The zero-order valence-electron chi connectivity index (χ0n) is 21.0. The number of likely N-dealkylation sites (N-methyl/N-ethyl adjacent to an activating group) is 1. The van der Waals surface area contributed by atoms with Crippen molar-refractivity contribution in [2.45, 2.75) is 52.8 Å². The molecule has 3 aromatic heterocycles. The lowest BCUT2D eigenvalue weighted by Gasteiger charge is -2.19. The number of benzene rings is 1. The third-order valence-corrected chi connectivity index (χ3v) is 6.13. The molecule has 1 N–H and O–H groups in total. The molecule has 1 amide bonds. The van der Waals surface area contributed by atoms with Gasteiger partial charge >= 0.3 is 6.18 Å². The first-order valence-electron chi connectivity index (χ1n) is 11.9. The van der Waals surface area contributed by atoms with E-state index in [4.69, 9.17) is 0 Å². The number of carbonyl (C=O) groups excluding carboxylic acids is 1. The highest BCUT2D eigenvalue weighted by Crippen LogP contribution is 2.32. The number of aromatic nitrogens is 5. The van der Waals surface area contributed by atoms with Crippen LogP contribution in [0.2, 0.25) is 0 Å². The molecule has 36 heavy (non-hydrogen) atoms. The van der Waals surface area contributed by atoms with Gasteiger partial charge < -0.3 is 9.47 Å². The van der Waals surface area contributed by atoms with Crippen LogP contribution in [0.4, 0.5) is 19.1 Å². The second-order valence-electron chi connectivity index (χ2n) is 9.63. The van der Waals surface area contributed by atoms with Crippen LogP contribution in [0.5, 0.6) is 0 Å². The Morgan fingerprint density at radius 2 is 1.75 bits per heavy atom. The van der Waals surface area contributed by atoms with Crippen LogP contribution in [0.1, 0.15) is 56.5 Å². The number of hydrogen-bond acceptors (Lipinski definition) is 5. The SMILES string of the molecule is CCN(CC)CCn1c(NC(=O)c2cc3nc(C(C)(C)C)cc(C(F)(F)F)n3n2)nc2ccccc21. The van der Waals surface area contributed by atoms with Gasteiger partial charge in [-0.15, -0.1) is 0 Å². The molecule has 1 aromatic carbocycles. The molecule has 0 aliphatic heterocycles. The monoisotopic (exact) mass is 501 g/mol. The highest BCUT2D eigenvalue weighted by molar-refractivity contribution is 6.03. The maximum absolute atomic E-state index is 13.8. The molecule has 0 fully saturated rings. The lowest BCUT2D eigenvalue weighted by Crippen LogP contribution is -2.27. The lowest BCUT2D eigenvalue weighted by atomic mass is 9.91. The van der Waals surface area contributed by atoms with Crippen LogP contribution in [0, 0.1) is 0 Å². The topological polar surface area (TPSA) is 80.3 Å². The third-order valence-electron chi connectivity index (χ3n) is 6.13. The Morgan fingerprint density at radius 3 is 2.39 bits per heavy atom. The normalized spacial score (nSPS) is 12.7. The molecule has 4 rings (SSSR count). The van der Waals surface area contributed by atoms with E-state index in [0.717, 1.165) is 31.2 Å². The average molecular weight is 502 g/mol. The molecule has 8 nitrogen and oxygen atoms in total. The number of amides is 1. The molecule has 0 aliphatic rings. The smallest absolute Gasteiger partial charge is 0.309 e. The van der Waals surface area contributed by atoms with Crippen LogP contribution >= 0.6 is 0 Å². The van der Waals surface area contributed by atoms with Crippen molar-refractivity contribution in [3.05, 3.63) is 53.5 Å². The zero-order chi connectivity index (χ0) is 26.3. The van der Waals surface area contributed by atoms with Gasteiger partial charge in [-0.3, -0.25) is 10.1 Å². The summed E-state index contributed by atoms with van der Waals surface area (Å²) >= 11 is 0. The van der Waals surface area contributed by atoms with Crippen molar-refractivity contribution in [1.82, 2.24) is 29.0 Å². The van der Waals surface area contributed by atoms with Crippen molar-refractivity contribution in [3.8, 4) is 0 Å². The number of fused-ring (bicyclic) bond motifs is 2. The summed E-state index contributed by atoms with van der Waals surface area (Å²) in [5, 5.41) is 6.71. The van der Waals surface area contributed by atoms with Crippen LogP contribution in [0.15, 0.2) is 36.4 Å². The second kappa shape index (κ2) is 9.53. The molecule has 0 atom stereocenters. The van der Waals surface area contributed by atoms with Gasteiger partial charge in [-0.2, -0.15) is 18.3 Å². The van der Waals surface area contributed by atoms with E-state index in [-0.39, 0.29) is 17.0 Å². The van der Waals surface area contributed by atoms with Gasteiger partial charge in [-0.25, -0.2) is 14.5 Å². The van der Waals surface area contributed by atoms with Gasteiger partial charge in [0.05, 0.1) is 16.7 Å². The van der Waals surface area contributed by atoms with Crippen molar-refractivity contribution < 1.29 is 18.0 Å². The largest absolute Gasteiger partial charge is 0.433 e. The molecular weight excluding hydrogens is 471 g/mol. The Balaban J connectivity index is 1.71. The number of rotatable bonds is 7. The summed E-state index contributed by atoms with van der Waals surface area (Å²) in [6.45, 7) is 12.6. The summed E-state index contributed by atoms with van der Waals surface area (Å²) < 4.78 is 44.0. The van der Waals surface area contributed by atoms with Crippen molar-refractivity contribution in [3.63, 3.8) is 0 Å². The van der Waals surface area contributed by atoms with E-state index in [2.05, 4.69) is 39.1 Å². The summed E-state index contributed by atoms with van der Waals surface area (Å²) in [6, 6.07) is 9.75. The Morgan fingerprint density at radius 1 is 1.06 bits per heavy atom. The number of alkyl halides is 3. The van der Waals surface area contributed by atoms with Crippen LogP contribution in [0.3, 0.4) is 0 Å². The van der Waals surface area contributed by atoms with E-state index in [1.165, 1.54) is 6.07 Å². The summed E-state index contributed by atoms with van der Waals surface area (Å²) in [5.74, 6) is -0.352. The number of anilines is 1. The van der Waals surface area contributed by atoms with Gasteiger partial charge in [0, 0.05) is 24.6 Å². The van der Waals surface area contributed by atoms with Crippen LogP contribution in [-0.2, 0) is 18.1 Å². The highest BCUT2D eigenvalue weighted by atomic mass is 19.4. The second-order valence-corrected chi connectivity index (χ2v) is 9.63. The summed E-state index contributed by atoms with van der Waals surface area (Å²) in [6.07, 6.45) is -4.67. The first-order valence-corrected chi connectivity index (χ1v) is 11.9. The van der Waals surface area contributed by atoms with E-state index >= 15 is 0 Å². The van der Waals surface area contributed by atoms with Gasteiger partial charge in [0.1, 0.15) is 5.69 Å². The van der Waals surface area contributed by atoms with E-state index in [1.54, 1.807) is 20.8 Å². The average Bonchev–Trinajstić information content (AvgIpc) is 3.39. The number of hydrogen-bond donors (Lipinski definition) is 1. The van der Waals surface area contributed by atoms with Crippen molar-refractivity contribution in [1.29, 1.82) is 0 Å². The van der Waals surface area contributed by atoms with Gasteiger partial charge in [0.2, 0.25) is 5.95 Å². The zero-order valence-corrected chi connectivity index (χ0v) is 21.0. The molecule has 0 spiro atoms. The minimum absolute atomic E-state index is 0.0464. The van der Waals surface area contributed by atoms with E-state index in [0.29, 0.717) is 22.5 Å². The molecule has 192 valence electrons. The predicted octanol–water partition coefficient (Wildman–Crippen LogP) is 4.99. The van der Waals surface area contributed by atoms with Crippen LogP contribution < -0.4 is 5.32 Å². The maximum atomic E-state index is 13.8. The van der Waals surface area contributed by atoms with Crippen LogP contribution in [0.25, 0.3) is 16.7 Å². The molecule has 4 aromatic rings. The molecule has 0 saturated heterocycles. The Labute approximate surface area is 207 Å². The fourth-order valence-electron chi connectivity index (χ4n) is 4.02. The quantitative estimate of drug-likeness (QED) is 0.386. The molecular formula is C25H30F3N7O. The molecule has 0 unspecified atom stereocenters. The van der Waals surface area contributed by atoms with E-state index in [1.807, 2.05) is 28.8 Å². The van der Waals surface area contributed by atoms with Crippen molar-refractivity contribution in [2.75, 3.05) is 25.0 Å². The first-order chi connectivity index (χ1) is 16.9. The number of nitrogens with zero attached hydrogens (tertiary/aromatic N) is 6. The molecule has 0 saturated carbocycles. The minimum Gasteiger partial charge on any atom is -0.309 e. The Bertz CT molecular complexity index is 1390. The number of carbonyl (C=O) groups is 1. The summed E-state index contributed by atoms with van der Waals surface area (Å²) in [7, 11) is 0. The van der Waals surface area contributed by atoms with Gasteiger partial charge in [-0.1, -0.05) is 46.8 Å². The number of imidazole rings is 1.